The SMILES string of the molecule is CCC=CC1CCc2c(ccc3c2CCC(c2cc(F)cc(F)c2)C3)C1. The van der Waals surface area contributed by atoms with Crippen LogP contribution in [0.5, 0.6) is 0 Å². The Morgan fingerprint density at radius 1 is 0.923 bits per heavy atom. The van der Waals surface area contributed by atoms with Crippen LogP contribution in [0.1, 0.15) is 59.9 Å². The fraction of sp³-hybridized carbons (Fsp3) is 0.417. The van der Waals surface area contributed by atoms with Crippen molar-refractivity contribution in [2.24, 2.45) is 5.92 Å². The van der Waals surface area contributed by atoms with Crippen LogP contribution in [0.25, 0.3) is 0 Å². The second-order valence-electron chi connectivity index (χ2n) is 7.82. The summed E-state index contributed by atoms with van der Waals surface area (Å²) in [6, 6.07) is 8.53. The predicted octanol–water partition coefficient (Wildman–Crippen LogP) is 6.31. The van der Waals surface area contributed by atoms with Gasteiger partial charge in [0.1, 0.15) is 11.6 Å². The molecule has 4 rings (SSSR count). The second-order valence-corrected chi connectivity index (χ2v) is 7.82. The van der Waals surface area contributed by atoms with E-state index < -0.39 is 11.6 Å². The summed E-state index contributed by atoms with van der Waals surface area (Å²) >= 11 is 0. The molecule has 136 valence electrons. The van der Waals surface area contributed by atoms with Crippen molar-refractivity contribution in [2.75, 3.05) is 0 Å². The lowest BCUT2D eigenvalue weighted by atomic mass is 9.74. The zero-order chi connectivity index (χ0) is 18.1. The topological polar surface area (TPSA) is 0 Å². The van der Waals surface area contributed by atoms with Crippen LogP contribution in [0.15, 0.2) is 42.5 Å². The molecule has 0 fully saturated rings. The minimum absolute atomic E-state index is 0.217. The number of fused-ring (bicyclic) bond motifs is 3. The Morgan fingerprint density at radius 3 is 2.27 bits per heavy atom. The maximum atomic E-state index is 13.6. The van der Waals surface area contributed by atoms with E-state index in [0.29, 0.717) is 5.92 Å². The number of hydrogen-bond donors (Lipinski definition) is 0. The van der Waals surface area contributed by atoms with Gasteiger partial charge in [-0.15, -0.1) is 0 Å². The van der Waals surface area contributed by atoms with Crippen molar-refractivity contribution in [3.8, 4) is 0 Å². The molecule has 2 aromatic carbocycles. The van der Waals surface area contributed by atoms with Gasteiger partial charge in [-0.2, -0.15) is 0 Å². The largest absolute Gasteiger partial charge is 0.207 e. The summed E-state index contributed by atoms with van der Waals surface area (Å²) in [6.45, 7) is 2.19. The Balaban J connectivity index is 1.57. The fourth-order valence-electron chi connectivity index (χ4n) is 4.78. The third-order valence-electron chi connectivity index (χ3n) is 6.08. The third-order valence-corrected chi connectivity index (χ3v) is 6.08. The molecule has 0 nitrogen and oxygen atoms in total. The highest BCUT2D eigenvalue weighted by Gasteiger charge is 2.26. The molecular weight excluding hydrogens is 326 g/mol. The average molecular weight is 352 g/mol. The van der Waals surface area contributed by atoms with Crippen LogP contribution in [-0.4, -0.2) is 0 Å². The molecular formula is C24H26F2. The summed E-state index contributed by atoms with van der Waals surface area (Å²) in [5.41, 5.74) is 6.78. The van der Waals surface area contributed by atoms with Crippen molar-refractivity contribution in [3.63, 3.8) is 0 Å². The first-order chi connectivity index (χ1) is 12.6. The minimum atomic E-state index is -0.470. The van der Waals surface area contributed by atoms with E-state index in [1.165, 1.54) is 35.2 Å². The van der Waals surface area contributed by atoms with Crippen LogP contribution >= 0.6 is 0 Å². The van der Waals surface area contributed by atoms with Gasteiger partial charge in [0.05, 0.1) is 0 Å². The minimum Gasteiger partial charge on any atom is -0.207 e. The van der Waals surface area contributed by atoms with Crippen LogP contribution in [0, 0.1) is 17.6 Å². The first kappa shape index (κ1) is 17.5. The molecule has 0 aliphatic heterocycles. The van der Waals surface area contributed by atoms with E-state index in [4.69, 9.17) is 0 Å². The van der Waals surface area contributed by atoms with Crippen molar-refractivity contribution in [1.29, 1.82) is 0 Å². The van der Waals surface area contributed by atoms with E-state index in [2.05, 4.69) is 31.2 Å². The summed E-state index contributed by atoms with van der Waals surface area (Å²) in [4.78, 5) is 0. The van der Waals surface area contributed by atoms with E-state index >= 15 is 0 Å². The molecule has 0 spiro atoms. The predicted molar refractivity (Wildman–Crippen MR) is 103 cm³/mol. The smallest absolute Gasteiger partial charge is 0.126 e. The summed E-state index contributed by atoms with van der Waals surface area (Å²) in [7, 11) is 0. The molecule has 0 saturated heterocycles. The highest BCUT2D eigenvalue weighted by molar-refractivity contribution is 5.46. The van der Waals surface area contributed by atoms with Crippen LogP contribution in [0.4, 0.5) is 8.78 Å². The Morgan fingerprint density at radius 2 is 1.58 bits per heavy atom. The van der Waals surface area contributed by atoms with Gasteiger partial charge in [0.2, 0.25) is 0 Å². The molecule has 0 saturated carbocycles. The molecule has 0 radical (unpaired) electrons. The lowest BCUT2D eigenvalue weighted by molar-refractivity contribution is 0.528. The second kappa shape index (κ2) is 7.34. The Kier molecular flexibility index (Phi) is 4.93. The van der Waals surface area contributed by atoms with Gasteiger partial charge in [-0.3, -0.25) is 0 Å². The summed E-state index contributed by atoms with van der Waals surface area (Å²) in [5, 5.41) is 0. The first-order valence-electron chi connectivity index (χ1n) is 9.89. The lowest BCUT2D eigenvalue weighted by Crippen LogP contribution is -2.20. The van der Waals surface area contributed by atoms with Gasteiger partial charge >= 0.3 is 0 Å². The van der Waals surface area contributed by atoms with Gasteiger partial charge in [0.15, 0.2) is 0 Å². The average Bonchev–Trinajstić information content (AvgIpc) is 2.64. The van der Waals surface area contributed by atoms with Crippen LogP contribution < -0.4 is 0 Å². The molecule has 2 aliphatic rings. The van der Waals surface area contributed by atoms with Gasteiger partial charge in [-0.1, -0.05) is 31.2 Å². The highest BCUT2D eigenvalue weighted by atomic mass is 19.1. The Hall–Kier alpha value is -1.96. The van der Waals surface area contributed by atoms with Crippen LogP contribution in [0.3, 0.4) is 0 Å². The Labute approximate surface area is 154 Å². The van der Waals surface area contributed by atoms with Crippen molar-refractivity contribution >= 4 is 0 Å². The molecule has 0 bridgehead atoms. The maximum absolute atomic E-state index is 13.6. The first-order valence-corrected chi connectivity index (χ1v) is 9.89. The lowest BCUT2D eigenvalue weighted by Gasteiger charge is -2.31. The van der Waals surface area contributed by atoms with Crippen molar-refractivity contribution in [3.05, 3.63) is 81.9 Å². The number of benzene rings is 2. The van der Waals surface area contributed by atoms with Crippen LogP contribution in [0.2, 0.25) is 0 Å². The zero-order valence-corrected chi connectivity index (χ0v) is 15.4. The number of rotatable bonds is 3. The van der Waals surface area contributed by atoms with Gasteiger partial charge in [0, 0.05) is 6.07 Å². The molecule has 2 aliphatic carbocycles. The molecule has 0 amide bonds. The van der Waals surface area contributed by atoms with E-state index in [1.807, 2.05) is 0 Å². The number of hydrogen-bond acceptors (Lipinski definition) is 0. The van der Waals surface area contributed by atoms with E-state index in [0.717, 1.165) is 50.2 Å². The molecule has 2 unspecified atom stereocenters. The molecule has 0 aromatic heterocycles. The van der Waals surface area contributed by atoms with Gasteiger partial charge < -0.3 is 0 Å². The summed E-state index contributed by atoms with van der Waals surface area (Å²) in [6.07, 6.45) is 12.2. The van der Waals surface area contributed by atoms with Crippen molar-refractivity contribution < 1.29 is 8.78 Å². The van der Waals surface area contributed by atoms with E-state index in [1.54, 1.807) is 5.56 Å². The van der Waals surface area contributed by atoms with E-state index in [9.17, 15) is 8.78 Å². The van der Waals surface area contributed by atoms with Gasteiger partial charge in [-0.25, -0.2) is 8.78 Å². The normalized spacial score (nSPS) is 22.3. The quantitative estimate of drug-likeness (QED) is 0.568. The summed E-state index contributed by atoms with van der Waals surface area (Å²) in [5.74, 6) is -0.0495. The van der Waals surface area contributed by atoms with Crippen molar-refractivity contribution in [1.82, 2.24) is 0 Å². The van der Waals surface area contributed by atoms with E-state index in [-0.39, 0.29) is 5.92 Å². The molecule has 2 aromatic rings. The number of halogens is 2. The molecule has 26 heavy (non-hydrogen) atoms. The van der Waals surface area contributed by atoms with Gasteiger partial charge in [0.25, 0.3) is 0 Å². The molecule has 0 N–H and O–H groups in total. The zero-order valence-electron chi connectivity index (χ0n) is 15.4. The molecule has 2 atom stereocenters. The number of allylic oxidation sites excluding steroid dienone is 2. The highest BCUT2D eigenvalue weighted by Crippen LogP contribution is 2.38. The third kappa shape index (κ3) is 3.47. The van der Waals surface area contributed by atoms with Crippen LogP contribution in [-0.2, 0) is 25.7 Å². The van der Waals surface area contributed by atoms with Crippen molar-refractivity contribution in [2.45, 2.75) is 57.8 Å². The monoisotopic (exact) mass is 352 g/mol. The standard InChI is InChI=1S/C24H26F2/c1-2-3-4-16-5-9-23-18(11-16)6-7-19-12-17(8-10-24(19)23)20-13-21(25)15-22(26)14-20/h3-4,6-7,13-17H,2,5,8-12H2,1H3. The maximum Gasteiger partial charge on any atom is 0.126 e. The fourth-order valence-corrected chi connectivity index (χ4v) is 4.78. The Bertz CT molecular complexity index is 814. The molecule has 0 heterocycles. The van der Waals surface area contributed by atoms with Gasteiger partial charge in [-0.05, 0) is 96.7 Å². The molecule has 2 heteroatoms. The summed E-state index contributed by atoms with van der Waals surface area (Å²) < 4.78 is 27.2.